The van der Waals surface area contributed by atoms with E-state index >= 15 is 0 Å². The molecule has 0 amide bonds. The minimum Gasteiger partial charge on any atom is -0.398 e. The normalized spacial score (nSPS) is 25.4. The molecule has 0 saturated heterocycles. The zero-order chi connectivity index (χ0) is 14.9. The number of nitrogen functional groups attached to an aromatic ring is 1. The Bertz CT molecular complexity index is 516. The minimum atomic E-state index is -4.42. The molecule has 0 aliphatic heterocycles. The Morgan fingerprint density at radius 3 is 2.55 bits per heavy atom. The molecule has 0 bridgehead atoms. The summed E-state index contributed by atoms with van der Waals surface area (Å²) in [4.78, 5) is 0.331. The molecule has 0 radical (unpaired) electrons. The van der Waals surface area contributed by atoms with E-state index in [0.717, 1.165) is 37.8 Å². The van der Waals surface area contributed by atoms with Crippen LogP contribution in [-0.2, 0) is 17.0 Å². The third-order valence-corrected chi connectivity index (χ3v) is 5.58. The minimum absolute atomic E-state index is 0.00205. The molecule has 1 saturated carbocycles. The summed E-state index contributed by atoms with van der Waals surface area (Å²) >= 11 is 0. The molecule has 1 aromatic carbocycles. The van der Waals surface area contributed by atoms with Gasteiger partial charge in [-0.3, -0.25) is 4.21 Å². The maximum atomic E-state index is 12.6. The van der Waals surface area contributed by atoms with E-state index in [2.05, 4.69) is 6.92 Å². The van der Waals surface area contributed by atoms with Crippen LogP contribution in [0, 0.1) is 5.92 Å². The second-order valence-corrected chi connectivity index (χ2v) is 7.14. The number of hydrogen-bond acceptors (Lipinski definition) is 2. The molecule has 20 heavy (non-hydrogen) atoms. The molecule has 3 unspecified atom stereocenters. The highest BCUT2D eigenvalue weighted by Crippen LogP contribution is 2.35. The monoisotopic (exact) mass is 305 g/mol. The van der Waals surface area contributed by atoms with Crippen LogP contribution in [0.25, 0.3) is 0 Å². The Labute approximate surface area is 119 Å². The molecule has 2 rings (SSSR count). The molecule has 6 heteroatoms. The van der Waals surface area contributed by atoms with E-state index in [4.69, 9.17) is 5.73 Å². The second kappa shape index (κ2) is 5.76. The molecule has 1 aliphatic carbocycles. The first-order valence-electron chi connectivity index (χ1n) is 6.66. The van der Waals surface area contributed by atoms with Crippen molar-refractivity contribution in [3.63, 3.8) is 0 Å². The van der Waals surface area contributed by atoms with Crippen LogP contribution in [0.15, 0.2) is 23.1 Å². The fourth-order valence-electron chi connectivity index (χ4n) is 2.66. The Balaban J connectivity index is 2.22. The van der Waals surface area contributed by atoms with Gasteiger partial charge in [0, 0.05) is 10.9 Å². The lowest BCUT2D eigenvalue weighted by molar-refractivity contribution is -0.137. The summed E-state index contributed by atoms with van der Waals surface area (Å²) in [5.41, 5.74) is 4.84. The number of halogens is 3. The van der Waals surface area contributed by atoms with Crippen LogP contribution >= 0.6 is 0 Å². The van der Waals surface area contributed by atoms with E-state index in [-0.39, 0.29) is 10.9 Å². The number of hydrogen-bond donors (Lipinski definition) is 1. The lowest BCUT2D eigenvalue weighted by Crippen LogP contribution is -2.23. The summed E-state index contributed by atoms with van der Waals surface area (Å²) in [5, 5.41) is -0.00205. The molecule has 1 aromatic rings. The van der Waals surface area contributed by atoms with Gasteiger partial charge in [0.05, 0.1) is 21.3 Å². The van der Waals surface area contributed by atoms with Gasteiger partial charge in [0.1, 0.15) is 0 Å². The van der Waals surface area contributed by atoms with Crippen molar-refractivity contribution in [1.82, 2.24) is 0 Å². The van der Waals surface area contributed by atoms with Gasteiger partial charge in [0.25, 0.3) is 0 Å². The van der Waals surface area contributed by atoms with Crippen molar-refractivity contribution in [3.05, 3.63) is 23.8 Å². The number of alkyl halides is 3. The SMILES string of the molecule is CC1CCCC(S(=O)c2ccc(C(F)(F)F)cc2N)C1. The Morgan fingerprint density at radius 2 is 2.00 bits per heavy atom. The van der Waals surface area contributed by atoms with Gasteiger partial charge in [-0.15, -0.1) is 0 Å². The van der Waals surface area contributed by atoms with E-state index in [1.54, 1.807) is 0 Å². The lowest BCUT2D eigenvalue weighted by Gasteiger charge is -2.26. The summed E-state index contributed by atoms with van der Waals surface area (Å²) in [6, 6.07) is 3.09. The molecule has 1 fully saturated rings. The van der Waals surface area contributed by atoms with Gasteiger partial charge in [-0.05, 0) is 37.0 Å². The standard InChI is InChI=1S/C14H18F3NOS/c1-9-3-2-4-11(7-9)20(19)13-6-5-10(8-12(13)18)14(15,16)17/h5-6,8-9,11H,2-4,7,18H2,1H3. The Kier molecular flexibility index (Phi) is 4.42. The highest BCUT2D eigenvalue weighted by atomic mass is 32.2. The Morgan fingerprint density at radius 1 is 1.30 bits per heavy atom. The van der Waals surface area contributed by atoms with Gasteiger partial charge in [0.15, 0.2) is 0 Å². The van der Waals surface area contributed by atoms with Crippen LogP contribution in [0.3, 0.4) is 0 Å². The summed E-state index contributed by atoms with van der Waals surface area (Å²) in [5.74, 6) is 0.508. The average Bonchev–Trinajstić information content (AvgIpc) is 2.36. The van der Waals surface area contributed by atoms with Crippen molar-refractivity contribution >= 4 is 16.5 Å². The van der Waals surface area contributed by atoms with Crippen molar-refractivity contribution in [1.29, 1.82) is 0 Å². The van der Waals surface area contributed by atoms with Crippen molar-refractivity contribution in [2.75, 3.05) is 5.73 Å². The number of rotatable bonds is 2. The maximum absolute atomic E-state index is 12.6. The summed E-state index contributed by atoms with van der Waals surface area (Å²) in [6.45, 7) is 2.11. The molecular weight excluding hydrogens is 287 g/mol. The first-order valence-corrected chi connectivity index (χ1v) is 7.87. The van der Waals surface area contributed by atoms with Crippen molar-refractivity contribution in [3.8, 4) is 0 Å². The largest absolute Gasteiger partial charge is 0.416 e. The molecule has 0 heterocycles. The molecule has 2 N–H and O–H groups in total. The van der Waals surface area contributed by atoms with E-state index in [1.165, 1.54) is 6.07 Å². The van der Waals surface area contributed by atoms with Gasteiger partial charge >= 0.3 is 6.18 Å². The van der Waals surface area contributed by atoms with Crippen molar-refractivity contribution < 1.29 is 17.4 Å². The molecule has 0 spiro atoms. The molecule has 2 nitrogen and oxygen atoms in total. The van der Waals surface area contributed by atoms with Gasteiger partial charge in [0.2, 0.25) is 0 Å². The van der Waals surface area contributed by atoms with E-state index in [9.17, 15) is 17.4 Å². The molecule has 1 aliphatic rings. The number of nitrogens with two attached hydrogens (primary N) is 1. The van der Waals surface area contributed by atoms with Gasteiger partial charge in [-0.2, -0.15) is 13.2 Å². The van der Waals surface area contributed by atoms with E-state index < -0.39 is 22.5 Å². The molecular formula is C14H18F3NOS. The summed E-state index contributed by atoms with van der Waals surface area (Å²) in [6.07, 6.45) is -0.605. The predicted molar refractivity (Wildman–Crippen MR) is 73.7 cm³/mol. The Hall–Kier alpha value is -1.04. The van der Waals surface area contributed by atoms with Crippen molar-refractivity contribution in [2.24, 2.45) is 5.92 Å². The van der Waals surface area contributed by atoms with Crippen LogP contribution in [0.2, 0.25) is 0 Å². The van der Waals surface area contributed by atoms with Crippen molar-refractivity contribution in [2.45, 2.75) is 48.9 Å². The smallest absolute Gasteiger partial charge is 0.398 e. The zero-order valence-corrected chi connectivity index (χ0v) is 12.1. The topological polar surface area (TPSA) is 43.1 Å². The highest BCUT2D eigenvalue weighted by Gasteiger charge is 2.32. The highest BCUT2D eigenvalue weighted by molar-refractivity contribution is 7.85. The van der Waals surface area contributed by atoms with E-state index in [1.807, 2.05) is 0 Å². The van der Waals surface area contributed by atoms with Gasteiger partial charge in [-0.25, -0.2) is 0 Å². The molecule has 3 atom stereocenters. The molecule has 0 aromatic heterocycles. The third-order valence-electron chi connectivity index (χ3n) is 3.74. The van der Waals surface area contributed by atoms with Crippen LogP contribution in [0.1, 0.15) is 38.2 Å². The van der Waals surface area contributed by atoms with Gasteiger partial charge < -0.3 is 5.73 Å². The summed E-state index contributed by atoms with van der Waals surface area (Å²) in [7, 11) is -1.33. The van der Waals surface area contributed by atoms with E-state index in [0.29, 0.717) is 10.8 Å². The first kappa shape index (κ1) is 15.4. The maximum Gasteiger partial charge on any atom is 0.416 e. The fourth-order valence-corrected chi connectivity index (χ4v) is 4.40. The lowest BCUT2D eigenvalue weighted by atomic mass is 9.91. The average molecular weight is 305 g/mol. The fraction of sp³-hybridized carbons (Fsp3) is 0.571. The quantitative estimate of drug-likeness (QED) is 0.840. The number of anilines is 1. The first-order chi connectivity index (χ1) is 9.29. The van der Waals surface area contributed by atoms with Crippen LogP contribution in [-0.4, -0.2) is 9.46 Å². The number of benzene rings is 1. The van der Waals surface area contributed by atoms with Gasteiger partial charge in [-0.1, -0.05) is 19.8 Å². The summed E-state index contributed by atoms with van der Waals surface area (Å²) < 4.78 is 50.2. The third kappa shape index (κ3) is 3.34. The molecule has 112 valence electrons. The van der Waals surface area contributed by atoms with Crippen LogP contribution in [0.5, 0.6) is 0 Å². The zero-order valence-electron chi connectivity index (χ0n) is 11.2. The van der Waals surface area contributed by atoms with Crippen LogP contribution < -0.4 is 5.73 Å². The van der Waals surface area contributed by atoms with Crippen LogP contribution in [0.4, 0.5) is 18.9 Å². The predicted octanol–water partition coefficient (Wildman–Crippen LogP) is 3.97. The second-order valence-electron chi connectivity index (χ2n) is 5.44.